The molecule has 1 atom stereocenters. The molecule has 4 nitrogen and oxygen atoms in total. The third kappa shape index (κ3) is 2.95. The number of aryl methyl sites for hydroxylation is 2. The van der Waals surface area contributed by atoms with Crippen molar-refractivity contribution < 1.29 is 4.79 Å². The average Bonchev–Trinajstić information content (AvgIpc) is 3.30. The van der Waals surface area contributed by atoms with E-state index in [2.05, 4.69) is 53.5 Å². The molecular weight excluding hydrogens is 342 g/mol. The molecule has 1 unspecified atom stereocenters. The highest BCUT2D eigenvalue weighted by Gasteiger charge is 2.26. The molecule has 2 aromatic heterocycles. The van der Waals surface area contributed by atoms with Crippen molar-refractivity contribution in [3.05, 3.63) is 57.4 Å². The third-order valence-electron chi connectivity index (χ3n) is 5.75. The molecule has 0 saturated carbocycles. The Hall–Kier alpha value is -2.11. The summed E-state index contributed by atoms with van der Waals surface area (Å²) in [5.41, 5.74) is 5.50. The van der Waals surface area contributed by atoms with Crippen LogP contribution >= 0.6 is 11.3 Å². The van der Waals surface area contributed by atoms with E-state index in [1.54, 1.807) is 11.3 Å². The Bertz CT molecular complexity index is 920. The van der Waals surface area contributed by atoms with Crippen molar-refractivity contribution in [1.82, 2.24) is 14.8 Å². The summed E-state index contributed by atoms with van der Waals surface area (Å²) in [5.74, 6) is 0.139. The van der Waals surface area contributed by atoms with E-state index in [0.717, 1.165) is 48.3 Å². The Kier molecular flexibility index (Phi) is 4.59. The molecule has 1 aliphatic rings. The molecule has 3 heterocycles. The quantitative estimate of drug-likeness (QED) is 0.747. The fraction of sp³-hybridized carbons (Fsp3) is 0.381. The molecule has 1 N–H and O–H groups in total. The topological polar surface area (TPSA) is 39.3 Å². The summed E-state index contributed by atoms with van der Waals surface area (Å²) >= 11 is 1.74. The van der Waals surface area contributed by atoms with Crippen molar-refractivity contribution in [2.45, 2.75) is 26.8 Å². The van der Waals surface area contributed by atoms with Crippen LogP contribution in [0.1, 0.15) is 40.1 Å². The van der Waals surface area contributed by atoms with Gasteiger partial charge in [0.2, 0.25) is 0 Å². The van der Waals surface area contributed by atoms with Crippen molar-refractivity contribution in [3.8, 4) is 0 Å². The molecule has 0 radical (unpaired) electrons. The van der Waals surface area contributed by atoms with E-state index in [1.807, 2.05) is 17.0 Å². The molecule has 136 valence electrons. The average molecular weight is 368 g/mol. The maximum absolute atomic E-state index is 13.1. The van der Waals surface area contributed by atoms with Crippen LogP contribution in [0.25, 0.3) is 10.9 Å². The number of amides is 1. The zero-order chi connectivity index (χ0) is 18.3. The van der Waals surface area contributed by atoms with Gasteiger partial charge in [-0.05, 0) is 54.8 Å². The number of nitrogens with one attached hydrogen (secondary N) is 1. The van der Waals surface area contributed by atoms with E-state index in [9.17, 15) is 4.79 Å². The standard InChI is InChI=1S/C21H25N3OS/c1-14-15(2)22-20-18(14)5-4-6-19(20)21(25)24-10-8-23(9-11-24)16(3)17-7-12-26-13-17/h4-7,12-13,16,22H,8-11H2,1-3H3. The molecule has 1 aliphatic heterocycles. The lowest BCUT2D eigenvalue weighted by Gasteiger charge is -2.38. The van der Waals surface area contributed by atoms with Gasteiger partial charge in [-0.2, -0.15) is 11.3 Å². The molecule has 4 rings (SSSR count). The summed E-state index contributed by atoms with van der Waals surface area (Å²) in [6, 6.07) is 8.63. The lowest BCUT2D eigenvalue weighted by molar-refractivity contribution is 0.0584. The van der Waals surface area contributed by atoms with Gasteiger partial charge in [0, 0.05) is 43.3 Å². The van der Waals surface area contributed by atoms with Gasteiger partial charge in [-0.25, -0.2) is 0 Å². The van der Waals surface area contributed by atoms with Crippen LogP contribution in [-0.4, -0.2) is 46.9 Å². The minimum atomic E-state index is 0.139. The summed E-state index contributed by atoms with van der Waals surface area (Å²) < 4.78 is 0. The van der Waals surface area contributed by atoms with Crippen LogP contribution < -0.4 is 0 Å². The number of hydrogen-bond acceptors (Lipinski definition) is 3. The minimum absolute atomic E-state index is 0.139. The molecule has 3 aromatic rings. The highest BCUT2D eigenvalue weighted by molar-refractivity contribution is 7.07. The van der Waals surface area contributed by atoms with Gasteiger partial charge in [-0.1, -0.05) is 12.1 Å². The zero-order valence-electron chi connectivity index (χ0n) is 15.6. The number of hydrogen-bond donors (Lipinski definition) is 1. The molecule has 0 aliphatic carbocycles. The lowest BCUT2D eigenvalue weighted by Crippen LogP contribution is -2.49. The molecular formula is C21H25N3OS. The maximum Gasteiger partial charge on any atom is 0.256 e. The van der Waals surface area contributed by atoms with Crippen molar-refractivity contribution in [3.63, 3.8) is 0 Å². The molecule has 1 saturated heterocycles. The molecule has 1 aromatic carbocycles. The Morgan fingerprint density at radius 3 is 2.62 bits per heavy atom. The summed E-state index contributed by atoms with van der Waals surface area (Å²) in [6.07, 6.45) is 0. The number of H-pyrrole nitrogens is 1. The Balaban J connectivity index is 1.50. The van der Waals surface area contributed by atoms with Crippen LogP contribution in [0.3, 0.4) is 0 Å². The van der Waals surface area contributed by atoms with Crippen molar-refractivity contribution in [1.29, 1.82) is 0 Å². The van der Waals surface area contributed by atoms with Crippen LogP contribution in [0.2, 0.25) is 0 Å². The van der Waals surface area contributed by atoms with Gasteiger partial charge in [-0.15, -0.1) is 0 Å². The van der Waals surface area contributed by atoms with E-state index >= 15 is 0 Å². The number of nitrogens with zero attached hydrogens (tertiary/aromatic N) is 2. The van der Waals surface area contributed by atoms with Crippen LogP contribution in [0.15, 0.2) is 35.0 Å². The minimum Gasteiger partial charge on any atom is -0.358 e. The molecule has 0 bridgehead atoms. The lowest BCUT2D eigenvalue weighted by atomic mass is 10.1. The van der Waals surface area contributed by atoms with Gasteiger partial charge in [0.15, 0.2) is 0 Å². The summed E-state index contributed by atoms with van der Waals surface area (Å²) in [5, 5.41) is 5.50. The fourth-order valence-electron chi connectivity index (χ4n) is 3.87. The first-order valence-corrected chi connectivity index (χ1v) is 10.1. The Morgan fingerprint density at radius 2 is 1.92 bits per heavy atom. The second kappa shape index (κ2) is 6.89. The molecule has 5 heteroatoms. The van der Waals surface area contributed by atoms with E-state index in [1.165, 1.54) is 11.1 Å². The first-order chi connectivity index (χ1) is 12.6. The number of benzene rings is 1. The molecule has 1 amide bonds. The van der Waals surface area contributed by atoms with E-state index < -0.39 is 0 Å². The number of rotatable bonds is 3. The van der Waals surface area contributed by atoms with Crippen LogP contribution in [0, 0.1) is 13.8 Å². The molecule has 26 heavy (non-hydrogen) atoms. The van der Waals surface area contributed by atoms with Gasteiger partial charge in [0.05, 0.1) is 11.1 Å². The van der Waals surface area contributed by atoms with Crippen LogP contribution in [0.5, 0.6) is 0 Å². The van der Waals surface area contributed by atoms with Crippen molar-refractivity contribution >= 4 is 28.1 Å². The van der Waals surface area contributed by atoms with Gasteiger partial charge < -0.3 is 9.88 Å². The SMILES string of the molecule is Cc1[nH]c2c(C(=O)N3CCN(C(C)c4ccsc4)CC3)cccc2c1C. The second-order valence-electron chi connectivity index (χ2n) is 7.16. The van der Waals surface area contributed by atoms with E-state index in [-0.39, 0.29) is 5.91 Å². The maximum atomic E-state index is 13.1. The zero-order valence-corrected chi connectivity index (χ0v) is 16.4. The smallest absolute Gasteiger partial charge is 0.256 e. The predicted octanol–water partition coefficient (Wildman–Crippen LogP) is 4.37. The van der Waals surface area contributed by atoms with Crippen molar-refractivity contribution in [2.75, 3.05) is 26.2 Å². The highest BCUT2D eigenvalue weighted by Crippen LogP contribution is 2.27. The van der Waals surface area contributed by atoms with Crippen LogP contribution in [0.4, 0.5) is 0 Å². The normalized spacial score (nSPS) is 17.0. The highest BCUT2D eigenvalue weighted by atomic mass is 32.1. The van der Waals surface area contributed by atoms with Gasteiger partial charge in [-0.3, -0.25) is 9.69 Å². The van der Waals surface area contributed by atoms with E-state index in [4.69, 9.17) is 0 Å². The number of thiophene rings is 1. The van der Waals surface area contributed by atoms with Gasteiger partial charge in [0.1, 0.15) is 0 Å². The molecule has 0 spiro atoms. The Labute approximate surface area is 158 Å². The van der Waals surface area contributed by atoms with Gasteiger partial charge >= 0.3 is 0 Å². The first kappa shape index (κ1) is 17.3. The summed E-state index contributed by atoms with van der Waals surface area (Å²) in [6.45, 7) is 9.82. The second-order valence-corrected chi connectivity index (χ2v) is 7.94. The van der Waals surface area contributed by atoms with Crippen molar-refractivity contribution in [2.24, 2.45) is 0 Å². The number of carbonyl (C=O) groups excluding carboxylic acids is 1. The molecule has 1 fully saturated rings. The Morgan fingerprint density at radius 1 is 1.15 bits per heavy atom. The van der Waals surface area contributed by atoms with E-state index in [0.29, 0.717) is 6.04 Å². The number of fused-ring (bicyclic) bond motifs is 1. The largest absolute Gasteiger partial charge is 0.358 e. The van der Waals surface area contributed by atoms with Crippen LogP contribution in [-0.2, 0) is 0 Å². The number of carbonyl (C=O) groups is 1. The number of aromatic nitrogens is 1. The fourth-order valence-corrected chi connectivity index (χ4v) is 4.61. The summed E-state index contributed by atoms with van der Waals surface area (Å²) in [4.78, 5) is 21.0. The third-order valence-corrected chi connectivity index (χ3v) is 6.45. The predicted molar refractivity (Wildman–Crippen MR) is 108 cm³/mol. The first-order valence-electron chi connectivity index (χ1n) is 9.19. The number of aromatic amines is 1. The summed E-state index contributed by atoms with van der Waals surface area (Å²) in [7, 11) is 0. The van der Waals surface area contributed by atoms with Gasteiger partial charge in [0.25, 0.3) is 5.91 Å². The monoisotopic (exact) mass is 367 g/mol. The number of para-hydroxylation sites is 1. The number of piperazine rings is 1.